The van der Waals surface area contributed by atoms with Crippen LogP contribution in [0.4, 0.5) is 0 Å². The molecule has 142 valence electrons. The molecular formula is C16H20ClN3O5S. The average molecular weight is 402 g/mol. The fraction of sp³-hybridized carbons (Fsp3) is 0.438. The van der Waals surface area contributed by atoms with Crippen LogP contribution in [0.1, 0.15) is 55.9 Å². The fourth-order valence-electron chi connectivity index (χ4n) is 2.05. The minimum Gasteiger partial charge on any atom is -0.449 e. The zero-order valence-corrected chi connectivity index (χ0v) is 16.6. The van der Waals surface area contributed by atoms with E-state index in [1.54, 1.807) is 34.6 Å². The Morgan fingerprint density at radius 2 is 2.00 bits per heavy atom. The predicted octanol–water partition coefficient (Wildman–Crippen LogP) is 3.03. The van der Waals surface area contributed by atoms with E-state index < -0.39 is 27.6 Å². The fourth-order valence-corrected chi connectivity index (χ4v) is 4.00. The number of benzene rings is 1. The third-order valence-electron chi connectivity index (χ3n) is 3.07. The van der Waals surface area contributed by atoms with Crippen molar-refractivity contribution in [1.82, 2.24) is 14.9 Å². The second-order valence-electron chi connectivity index (χ2n) is 6.73. The molecule has 10 heteroatoms. The molecule has 1 atom stereocenters. The highest BCUT2D eigenvalue weighted by Gasteiger charge is 2.26. The zero-order chi connectivity index (χ0) is 19.7. The van der Waals surface area contributed by atoms with Crippen molar-refractivity contribution < 1.29 is 22.5 Å². The van der Waals surface area contributed by atoms with Crippen molar-refractivity contribution in [2.75, 3.05) is 0 Å². The average Bonchev–Trinajstić information content (AvgIpc) is 2.91. The Balaban J connectivity index is 2.27. The highest BCUT2D eigenvalue weighted by atomic mass is 35.5. The Bertz CT molecular complexity index is 918. The number of carbonyl (C=O) groups excluding carboxylic acids is 1. The van der Waals surface area contributed by atoms with Crippen molar-refractivity contribution in [3.8, 4) is 0 Å². The molecule has 0 fully saturated rings. The number of hydrogen-bond donors (Lipinski definition) is 1. The molecule has 0 saturated heterocycles. The summed E-state index contributed by atoms with van der Waals surface area (Å²) in [6, 6.07) is 3.88. The summed E-state index contributed by atoms with van der Waals surface area (Å²) in [4.78, 5) is 16.1. The predicted molar refractivity (Wildman–Crippen MR) is 94.4 cm³/mol. The summed E-state index contributed by atoms with van der Waals surface area (Å²) in [5, 5.41) is 3.63. The Morgan fingerprint density at radius 3 is 2.54 bits per heavy atom. The number of sulfonamides is 1. The van der Waals surface area contributed by atoms with Gasteiger partial charge in [-0.1, -0.05) is 16.8 Å². The summed E-state index contributed by atoms with van der Waals surface area (Å²) in [6.07, 6.45) is -0.785. The van der Waals surface area contributed by atoms with Gasteiger partial charge in [0.05, 0.1) is 10.6 Å². The number of ether oxygens (including phenoxy) is 1. The Labute approximate surface area is 156 Å². The van der Waals surface area contributed by atoms with Crippen LogP contribution in [0.2, 0.25) is 5.02 Å². The van der Waals surface area contributed by atoms with Crippen LogP contribution < -0.4 is 4.72 Å². The summed E-state index contributed by atoms with van der Waals surface area (Å²) in [5.74, 6) is -0.180. The summed E-state index contributed by atoms with van der Waals surface area (Å²) in [7, 11) is -3.91. The van der Waals surface area contributed by atoms with E-state index in [1.165, 1.54) is 18.2 Å². The van der Waals surface area contributed by atoms with Crippen LogP contribution in [-0.2, 0) is 14.8 Å². The van der Waals surface area contributed by atoms with Gasteiger partial charge in [-0.25, -0.2) is 17.9 Å². The standard InChI is InChI=1S/C16H20ClN3O5S/c1-9(14-18-10(2)19-25-14)24-15(21)11-6-7-12(17)13(8-11)26(22,23)20-16(3,4)5/h6-9,20H,1-5H3. The van der Waals surface area contributed by atoms with Crippen molar-refractivity contribution in [3.05, 3.63) is 40.5 Å². The van der Waals surface area contributed by atoms with E-state index >= 15 is 0 Å². The number of esters is 1. The molecule has 2 rings (SSSR count). The van der Waals surface area contributed by atoms with E-state index in [-0.39, 0.29) is 21.4 Å². The molecule has 1 aromatic carbocycles. The Kier molecular flexibility index (Phi) is 5.74. The maximum absolute atomic E-state index is 12.5. The molecule has 0 bridgehead atoms. The molecule has 1 aromatic heterocycles. The summed E-state index contributed by atoms with van der Waals surface area (Å²) in [5.41, 5.74) is -0.671. The van der Waals surface area contributed by atoms with Crippen LogP contribution in [-0.4, -0.2) is 30.1 Å². The number of nitrogens with one attached hydrogen (secondary N) is 1. The number of aryl methyl sites for hydroxylation is 1. The molecule has 0 aliphatic rings. The Morgan fingerprint density at radius 1 is 1.35 bits per heavy atom. The summed E-state index contributed by atoms with van der Waals surface area (Å²) < 4.78 is 37.7. The molecule has 0 amide bonds. The van der Waals surface area contributed by atoms with Crippen molar-refractivity contribution in [3.63, 3.8) is 0 Å². The van der Waals surface area contributed by atoms with Crippen molar-refractivity contribution >= 4 is 27.6 Å². The first-order chi connectivity index (χ1) is 11.9. The maximum Gasteiger partial charge on any atom is 0.338 e. The van der Waals surface area contributed by atoms with Gasteiger partial charge in [0.25, 0.3) is 5.89 Å². The lowest BCUT2D eigenvalue weighted by atomic mass is 10.1. The monoisotopic (exact) mass is 401 g/mol. The topological polar surface area (TPSA) is 111 Å². The SMILES string of the molecule is Cc1noc(C(C)OC(=O)c2ccc(Cl)c(S(=O)(=O)NC(C)(C)C)c2)n1. The maximum atomic E-state index is 12.5. The number of halogens is 1. The van der Waals surface area contributed by atoms with Crippen LogP contribution in [0.3, 0.4) is 0 Å². The lowest BCUT2D eigenvalue weighted by Crippen LogP contribution is -2.40. The second kappa shape index (κ2) is 7.34. The van der Waals surface area contributed by atoms with Crippen LogP contribution in [0.5, 0.6) is 0 Å². The highest BCUT2D eigenvalue weighted by Crippen LogP contribution is 2.25. The number of rotatable bonds is 5. The molecule has 0 radical (unpaired) electrons. The van der Waals surface area contributed by atoms with Gasteiger partial charge < -0.3 is 9.26 Å². The molecule has 1 N–H and O–H groups in total. The van der Waals surface area contributed by atoms with Gasteiger partial charge in [0.1, 0.15) is 4.90 Å². The lowest BCUT2D eigenvalue weighted by Gasteiger charge is -2.21. The highest BCUT2D eigenvalue weighted by molar-refractivity contribution is 7.89. The van der Waals surface area contributed by atoms with Gasteiger partial charge in [-0.05, 0) is 52.8 Å². The normalized spacial score (nSPS) is 13.5. The summed E-state index contributed by atoms with van der Waals surface area (Å²) >= 11 is 6.01. The van der Waals surface area contributed by atoms with Gasteiger partial charge in [0.2, 0.25) is 10.0 Å². The second-order valence-corrected chi connectivity index (χ2v) is 8.79. The van der Waals surface area contributed by atoms with Gasteiger partial charge in [0, 0.05) is 5.54 Å². The zero-order valence-electron chi connectivity index (χ0n) is 15.0. The van der Waals surface area contributed by atoms with E-state index in [1.807, 2.05) is 0 Å². The number of carbonyl (C=O) groups is 1. The lowest BCUT2D eigenvalue weighted by molar-refractivity contribution is 0.0265. The minimum atomic E-state index is -3.91. The summed E-state index contributed by atoms with van der Waals surface area (Å²) in [6.45, 7) is 8.31. The van der Waals surface area contributed by atoms with Crippen LogP contribution in [0, 0.1) is 6.92 Å². The van der Waals surface area contributed by atoms with Gasteiger partial charge in [-0.3, -0.25) is 0 Å². The third kappa shape index (κ3) is 5.03. The van der Waals surface area contributed by atoms with Gasteiger partial charge >= 0.3 is 5.97 Å². The first-order valence-electron chi connectivity index (χ1n) is 7.74. The first kappa shape index (κ1) is 20.3. The van der Waals surface area contributed by atoms with Crippen LogP contribution >= 0.6 is 11.6 Å². The molecule has 0 aliphatic heterocycles. The van der Waals surface area contributed by atoms with Crippen LogP contribution in [0.15, 0.2) is 27.6 Å². The molecule has 2 aromatic rings. The number of nitrogens with zero attached hydrogens (tertiary/aromatic N) is 2. The molecular weight excluding hydrogens is 382 g/mol. The molecule has 1 unspecified atom stereocenters. The molecule has 0 spiro atoms. The number of aromatic nitrogens is 2. The third-order valence-corrected chi connectivity index (χ3v) is 5.31. The molecule has 0 saturated carbocycles. The van der Waals surface area contributed by atoms with Gasteiger partial charge in [-0.2, -0.15) is 4.98 Å². The van der Waals surface area contributed by atoms with Crippen LogP contribution in [0.25, 0.3) is 0 Å². The van der Waals surface area contributed by atoms with E-state index in [9.17, 15) is 13.2 Å². The Hall–Kier alpha value is -1.97. The van der Waals surface area contributed by atoms with Gasteiger partial charge in [-0.15, -0.1) is 0 Å². The van der Waals surface area contributed by atoms with Crippen molar-refractivity contribution in [2.45, 2.75) is 51.2 Å². The first-order valence-corrected chi connectivity index (χ1v) is 9.60. The van der Waals surface area contributed by atoms with E-state index in [4.69, 9.17) is 20.9 Å². The molecule has 1 heterocycles. The number of hydrogen-bond acceptors (Lipinski definition) is 7. The molecule has 26 heavy (non-hydrogen) atoms. The quantitative estimate of drug-likeness (QED) is 0.766. The smallest absolute Gasteiger partial charge is 0.338 e. The van der Waals surface area contributed by atoms with E-state index in [2.05, 4.69) is 14.9 Å². The van der Waals surface area contributed by atoms with Crippen molar-refractivity contribution in [2.24, 2.45) is 0 Å². The largest absolute Gasteiger partial charge is 0.449 e. The minimum absolute atomic E-state index is 0.00104. The van der Waals surface area contributed by atoms with E-state index in [0.717, 1.165) is 0 Å². The molecule has 0 aliphatic carbocycles. The van der Waals surface area contributed by atoms with Gasteiger partial charge in [0.15, 0.2) is 11.9 Å². The van der Waals surface area contributed by atoms with E-state index in [0.29, 0.717) is 5.82 Å². The van der Waals surface area contributed by atoms with Crippen molar-refractivity contribution in [1.29, 1.82) is 0 Å². The molecule has 8 nitrogen and oxygen atoms in total.